The molecule has 0 aliphatic carbocycles. The molecule has 0 heterocycles. The van der Waals surface area contributed by atoms with Gasteiger partial charge in [0.1, 0.15) is 6.10 Å². The minimum absolute atomic E-state index is 0.158. The number of amides is 1. The van der Waals surface area contributed by atoms with Gasteiger partial charge in [-0.1, -0.05) is 13.8 Å². The van der Waals surface area contributed by atoms with Crippen molar-refractivity contribution in [2.75, 3.05) is 33.4 Å². The molecule has 0 spiro atoms. The van der Waals surface area contributed by atoms with E-state index in [0.29, 0.717) is 19.1 Å². The van der Waals surface area contributed by atoms with Crippen LogP contribution in [0.25, 0.3) is 0 Å². The van der Waals surface area contributed by atoms with Gasteiger partial charge in [0.2, 0.25) is 5.91 Å². The van der Waals surface area contributed by atoms with E-state index in [9.17, 15) is 4.79 Å². The summed E-state index contributed by atoms with van der Waals surface area (Å²) in [4.78, 5) is 11.4. The van der Waals surface area contributed by atoms with Gasteiger partial charge in [-0.2, -0.15) is 0 Å². The third-order valence-corrected chi connectivity index (χ3v) is 2.01. The lowest BCUT2D eigenvalue weighted by atomic mass is 10.2. The molecule has 0 aliphatic rings. The molecule has 96 valence electrons. The number of ether oxygens (including phenoxy) is 2. The fourth-order valence-corrected chi connectivity index (χ4v) is 1.13. The fourth-order valence-electron chi connectivity index (χ4n) is 1.13. The molecule has 1 unspecified atom stereocenters. The van der Waals surface area contributed by atoms with E-state index in [2.05, 4.69) is 19.2 Å². The zero-order valence-corrected chi connectivity index (χ0v) is 10.5. The summed E-state index contributed by atoms with van der Waals surface area (Å²) in [6, 6.07) is 0. The van der Waals surface area contributed by atoms with E-state index in [-0.39, 0.29) is 12.5 Å². The van der Waals surface area contributed by atoms with Crippen molar-refractivity contribution in [3.63, 3.8) is 0 Å². The number of nitrogens with two attached hydrogens (primary N) is 1. The Morgan fingerprint density at radius 2 is 2.12 bits per heavy atom. The number of methoxy groups -OCH3 is 1. The van der Waals surface area contributed by atoms with Crippen LogP contribution in [0.15, 0.2) is 0 Å². The largest absolute Gasteiger partial charge is 0.381 e. The van der Waals surface area contributed by atoms with Crippen molar-refractivity contribution in [3.8, 4) is 0 Å². The predicted molar refractivity (Wildman–Crippen MR) is 63.1 cm³/mol. The van der Waals surface area contributed by atoms with Gasteiger partial charge in [-0.15, -0.1) is 0 Å². The van der Waals surface area contributed by atoms with E-state index >= 15 is 0 Å². The van der Waals surface area contributed by atoms with E-state index < -0.39 is 6.10 Å². The number of nitrogens with one attached hydrogen (secondary N) is 1. The lowest BCUT2D eigenvalue weighted by Gasteiger charge is -2.13. The molecule has 1 amide bonds. The standard InChI is InChI=1S/C11H24N2O3/c1-9(2)8-16-6-4-5-13-11(14)10(7-12)15-3/h9-10H,4-8,12H2,1-3H3,(H,13,14). The fraction of sp³-hybridized carbons (Fsp3) is 0.909. The summed E-state index contributed by atoms with van der Waals surface area (Å²) in [6.07, 6.45) is 0.260. The second-order valence-electron chi connectivity index (χ2n) is 4.07. The molecule has 0 aromatic heterocycles. The molecule has 0 saturated heterocycles. The first-order valence-electron chi connectivity index (χ1n) is 5.70. The Kier molecular flexibility index (Phi) is 9.18. The van der Waals surface area contributed by atoms with Crippen molar-refractivity contribution < 1.29 is 14.3 Å². The van der Waals surface area contributed by atoms with Gasteiger partial charge in [-0.3, -0.25) is 4.79 Å². The molecular weight excluding hydrogens is 208 g/mol. The summed E-state index contributed by atoms with van der Waals surface area (Å²) in [5.41, 5.74) is 5.36. The maximum absolute atomic E-state index is 11.4. The summed E-state index contributed by atoms with van der Waals surface area (Å²) < 4.78 is 10.3. The number of hydrogen-bond acceptors (Lipinski definition) is 4. The highest BCUT2D eigenvalue weighted by Crippen LogP contribution is 1.93. The zero-order chi connectivity index (χ0) is 12.4. The first kappa shape index (κ1) is 15.3. The van der Waals surface area contributed by atoms with Gasteiger partial charge in [-0.25, -0.2) is 0 Å². The Balaban J connectivity index is 3.40. The van der Waals surface area contributed by atoms with Crippen LogP contribution in [0, 0.1) is 5.92 Å². The molecule has 1 atom stereocenters. The summed E-state index contributed by atoms with van der Waals surface area (Å²) in [6.45, 7) is 6.43. The van der Waals surface area contributed by atoms with Crippen molar-refractivity contribution in [2.45, 2.75) is 26.4 Å². The lowest BCUT2D eigenvalue weighted by Crippen LogP contribution is -2.41. The molecule has 0 fully saturated rings. The van der Waals surface area contributed by atoms with Gasteiger partial charge in [0, 0.05) is 33.4 Å². The van der Waals surface area contributed by atoms with Crippen LogP contribution in [-0.2, 0) is 14.3 Å². The molecule has 0 aliphatic heterocycles. The molecule has 0 bridgehead atoms. The molecule has 0 saturated carbocycles. The number of carbonyl (C=O) groups excluding carboxylic acids is 1. The number of hydrogen-bond donors (Lipinski definition) is 2. The van der Waals surface area contributed by atoms with Crippen molar-refractivity contribution in [1.82, 2.24) is 5.32 Å². The van der Waals surface area contributed by atoms with Crippen LogP contribution in [0.4, 0.5) is 0 Å². The van der Waals surface area contributed by atoms with Gasteiger partial charge in [0.25, 0.3) is 0 Å². The minimum Gasteiger partial charge on any atom is -0.381 e. The number of rotatable bonds is 9. The average Bonchev–Trinajstić information content (AvgIpc) is 2.24. The molecule has 0 aromatic rings. The summed E-state index contributed by atoms with van der Waals surface area (Å²) in [5, 5.41) is 2.75. The third kappa shape index (κ3) is 7.62. The molecular formula is C11H24N2O3. The maximum atomic E-state index is 11.4. The van der Waals surface area contributed by atoms with Gasteiger partial charge >= 0.3 is 0 Å². The highest BCUT2D eigenvalue weighted by Gasteiger charge is 2.14. The first-order valence-corrected chi connectivity index (χ1v) is 5.70. The van der Waals surface area contributed by atoms with E-state index in [1.807, 2.05) is 0 Å². The zero-order valence-electron chi connectivity index (χ0n) is 10.5. The second-order valence-corrected chi connectivity index (χ2v) is 4.07. The van der Waals surface area contributed by atoms with Gasteiger partial charge < -0.3 is 20.5 Å². The summed E-state index contributed by atoms with van der Waals surface area (Å²) >= 11 is 0. The summed E-state index contributed by atoms with van der Waals surface area (Å²) in [5.74, 6) is 0.388. The van der Waals surface area contributed by atoms with Crippen molar-refractivity contribution in [2.24, 2.45) is 11.7 Å². The van der Waals surface area contributed by atoms with Crippen LogP contribution in [0.2, 0.25) is 0 Å². The minimum atomic E-state index is -0.545. The summed E-state index contributed by atoms with van der Waals surface area (Å²) in [7, 11) is 1.48. The Labute approximate surface area is 97.7 Å². The van der Waals surface area contributed by atoms with Crippen molar-refractivity contribution in [1.29, 1.82) is 0 Å². The van der Waals surface area contributed by atoms with Crippen molar-refractivity contribution in [3.05, 3.63) is 0 Å². The topological polar surface area (TPSA) is 73.6 Å². The Morgan fingerprint density at radius 1 is 1.44 bits per heavy atom. The van der Waals surface area contributed by atoms with Crippen LogP contribution < -0.4 is 11.1 Å². The molecule has 16 heavy (non-hydrogen) atoms. The molecule has 3 N–H and O–H groups in total. The highest BCUT2D eigenvalue weighted by molar-refractivity contribution is 5.80. The van der Waals surface area contributed by atoms with Crippen LogP contribution in [-0.4, -0.2) is 45.4 Å². The molecule has 0 aromatic carbocycles. The third-order valence-electron chi connectivity index (χ3n) is 2.01. The van der Waals surface area contributed by atoms with Crippen LogP contribution in [0.1, 0.15) is 20.3 Å². The second kappa shape index (κ2) is 9.57. The van der Waals surface area contributed by atoms with Gasteiger partial charge in [0.15, 0.2) is 0 Å². The molecule has 0 rings (SSSR count). The quantitative estimate of drug-likeness (QED) is 0.555. The van der Waals surface area contributed by atoms with E-state index in [4.69, 9.17) is 15.2 Å². The SMILES string of the molecule is COC(CN)C(=O)NCCCOCC(C)C. The molecule has 5 nitrogen and oxygen atoms in total. The van der Waals surface area contributed by atoms with E-state index in [1.165, 1.54) is 7.11 Å². The monoisotopic (exact) mass is 232 g/mol. The average molecular weight is 232 g/mol. The number of carbonyl (C=O) groups is 1. The van der Waals surface area contributed by atoms with Crippen molar-refractivity contribution >= 4 is 5.91 Å². The van der Waals surface area contributed by atoms with Gasteiger partial charge in [0.05, 0.1) is 0 Å². The highest BCUT2D eigenvalue weighted by atomic mass is 16.5. The van der Waals surface area contributed by atoms with Gasteiger partial charge in [-0.05, 0) is 12.3 Å². The van der Waals surface area contributed by atoms with E-state index in [0.717, 1.165) is 13.0 Å². The Bertz CT molecular complexity index is 182. The van der Waals surface area contributed by atoms with Crippen LogP contribution >= 0.6 is 0 Å². The van der Waals surface area contributed by atoms with Crippen LogP contribution in [0.3, 0.4) is 0 Å². The predicted octanol–water partition coefficient (Wildman–Crippen LogP) is 0.139. The maximum Gasteiger partial charge on any atom is 0.250 e. The molecule has 5 heteroatoms. The van der Waals surface area contributed by atoms with E-state index in [1.54, 1.807) is 0 Å². The smallest absolute Gasteiger partial charge is 0.250 e. The molecule has 0 radical (unpaired) electrons. The first-order chi connectivity index (χ1) is 7.61. The Morgan fingerprint density at radius 3 is 2.62 bits per heavy atom. The lowest BCUT2D eigenvalue weighted by molar-refractivity contribution is -0.130. The Hall–Kier alpha value is -0.650. The normalized spacial score (nSPS) is 12.8. The van der Waals surface area contributed by atoms with Crippen LogP contribution in [0.5, 0.6) is 0 Å².